The summed E-state index contributed by atoms with van der Waals surface area (Å²) in [5.74, 6) is -0.696. The van der Waals surface area contributed by atoms with Crippen LogP contribution in [0.25, 0.3) is 10.8 Å². The van der Waals surface area contributed by atoms with Gasteiger partial charge in [-0.15, -0.1) is 0 Å². The molecule has 0 saturated carbocycles. The first-order valence-corrected chi connectivity index (χ1v) is 8.01. The first kappa shape index (κ1) is 18.3. The molecule has 3 rings (SSSR count). The molecule has 0 fully saturated rings. The molecule has 1 amide bonds. The van der Waals surface area contributed by atoms with Crippen molar-refractivity contribution in [2.45, 2.75) is 19.6 Å². The van der Waals surface area contributed by atoms with Gasteiger partial charge in [-0.2, -0.15) is 8.78 Å². The van der Waals surface area contributed by atoms with E-state index in [-0.39, 0.29) is 35.2 Å². The van der Waals surface area contributed by atoms with Gasteiger partial charge in [0.15, 0.2) is 0 Å². The van der Waals surface area contributed by atoms with Crippen molar-refractivity contribution in [3.63, 3.8) is 0 Å². The zero-order valence-electron chi connectivity index (χ0n) is 13.9. The van der Waals surface area contributed by atoms with E-state index in [2.05, 4.69) is 15.2 Å². The molecule has 0 unspecified atom stereocenters. The number of hydrogen-bond donors (Lipinski definition) is 2. The fraction of sp³-hybridized carbons (Fsp3) is 0.167. The zero-order valence-corrected chi connectivity index (χ0v) is 13.9. The Hall–Kier alpha value is -3.49. The fourth-order valence-corrected chi connectivity index (χ4v) is 2.60. The fourth-order valence-electron chi connectivity index (χ4n) is 2.60. The Kier molecular flexibility index (Phi) is 5.30. The minimum Gasteiger partial charge on any atom is -0.433 e. The third-order valence-corrected chi connectivity index (χ3v) is 3.82. The molecule has 0 atom stereocenters. The smallest absolute Gasteiger partial charge is 0.387 e. The van der Waals surface area contributed by atoms with E-state index in [0.29, 0.717) is 0 Å². The number of fused-ring (bicyclic) bond motifs is 1. The summed E-state index contributed by atoms with van der Waals surface area (Å²) in [6, 6.07) is 12.1. The molecule has 9 heteroatoms. The quantitative estimate of drug-likeness (QED) is 0.692. The van der Waals surface area contributed by atoms with Crippen LogP contribution in [0.2, 0.25) is 0 Å². The van der Waals surface area contributed by atoms with Crippen LogP contribution in [0.4, 0.5) is 14.5 Å². The maximum absolute atomic E-state index is 12.4. The molecule has 7 nitrogen and oxygen atoms in total. The lowest BCUT2D eigenvalue weighted by Crippen LogP contribution is -2.31. The number of halogens is 2. The van der Waals surface area contributed by atoms with Crippen LogP contribution >= 0.6 is 0 Å². The SMILES string of the molecule is O=C(CCn1[nH]c(=O)c2ccccc2c1=O)Nc1ccccc1OC(F)F. The van der Waals surface area contributed by atoms with E-state index in [9.17, 15) is 23.2 Å². The van der Waals surface area contributed by atoms with E-state index in [1.165, 1.54) is 30.3 Å². The Morgan fingerprint density at radius 3 is 2.48 bits per heavy atom. The van der Waals surface area contributed by atoms with Crippen molar-refractivity contribution >= 4 is 22.4 Å². The van der Waals surface area contributed by atoms with E-state index in [0.717, 1.165) is 4.68 Å². The number of aromatic amines is 1. The van der Waals surface area contributed by atoms with Crippen LogP contribution in [0, 0.1) is 0 Å². The predicted molar refractivity (Wildman–Crippen MR) is 95.1 cm³/mol. The number of hydrogen-bond acceptors (Lipinski definition) is 4. The summed E-state index contributed by atoms with van der Waals surface area (Å²) in [7, 11) is 0. The number of carbonyl (C=O) groups excluding carboxylic acids is 1. The molecule has 1 heterocycles. The number of nitrogens with one attached hydrogen (secondary N) is 2. The lowest BCUT2D eigenvalue weighted by molar-refractivity contribution is -0.116. The molecule has 2 aromatic carbocycles. The number of ether oxygens (including phenoxy) is 1. The number of para-hydroxylation sites is 2. The van der Waals surface area contributed by atoms with Crippen LogP contribution in [0.15, 0.2) is 58.1 Å². The number of alkyl halides is 2. The number of aromatic nitrogens is 2. The van der Waals surface area contributed by atoms with Gasteiger partial charge in [-0.05, 0) is 24.3 Å². The lowest BCUT2D eigenvalue weighted by atomic mass is 10.2. The standard InChI is InChI=1S/C18H15F2N3O4/c19-18(20)27-14-8-4-3-7-13(14)21-15(24)9-10-23-17(26)12-6-2-1-5-11(12)16(25)22-23/h1-8,18H,9-10H2,(H,21,24)(H,22,25). The minimum atomic E-state index is -3.02. The highest BCUT2D eigenvalue weighted by Crippen LogP contribution is 2.25. The summed E-state index contributed by atoms with van der Waals surface area (Å²) in [5, 5.41) is 5.39. The number of nitrogens with zero attached hydrogens (tertiary/aromatic N) is 1. The van der Waals surface area contributed by atoms with E-state index < -0.39 is 23.6 Å². The highest BCUT2D eigenvalue weighted by atomic mass is 19.3. The van der Waals surface area contributed by atoms with Crippen molar-refractivity contribution in [1.82, 2.24) is 9.78 Å². The molecule has 0 radical (unpaired) electrons. The van der Waals surface area contributed by atoms with Crippen molar-refractivity contribution < 1.29 is 18.3 Å². The number of amides is 1. The third-order valence-electron chi connectivity index (χ3n) is 3.82. The van der Waals surface area contributed by atoms with Crippen molar-refractivity contribution in [1.29, 1.82) is 0 Å². The largest absolute Gasteiger partial charge is 0.433 e. The first-order chi connectivity index (χ1) is 13.0. The number of anilines is 1. The van der Waals surface area contributed by atoms with Gasteiger partial charge in [0.1, 0.15) is 5.75 Å². The van der Waals surface area contributed by atoms with Crippen LogP contribution in [-0.2, 0) is 11.3 Å². The second kappa shape index (κ2) is 7.81. The average Bonchev–Trinajstić information content (AvgIpc) is 2.65. The molecular formula is C18H15F2N3O4. The number of aryl methyl sites for hydroxylation is 1. The van der Waals surface area contributed by atoms with E-state index in [1.54, 1.807) is 18.2 Å². The molecule has 0 aliphatic carbocycles. The van der Waals surface area contributed by atoms with E-state index >= 15 is 0 Å². The Balaban J connectivity index is 1.74. The molecule has 0 aliphatic heterocycles. The lowest BCUT2D eigenvalue weighted by Gasteiger charge is -2.12. The molecular weight excluding hydrogens is 360 g/mol. The van der Waals surface area contributed by atoms with Gasteiger partial charge in [0, 0.05) is 6.42 Å². The molecule has 3 aromatic rings. The van der Waals surface area contributed by atoms with E-state index in [1.807, 2.05) is 0 Å². The minimum absolute atomic E-state index is 0.0807. The maximum atomic E-state index is 12.4. The Labute approximate surface area is 151 Å². The number of benzene rings is 2. The molecule has 0 aliphatic rings. The number of H-pyrrole nitrogens is 1. The Morgan fingerprint density at radius 2 is 1.74 bits per heavy atom. The van der Waals surface area contributed by atoms with Gasteiger partial charge < -0.3 is 10.1 Å². The van der Waals surface area contributed by atoms with Gasteiger partial charge in [-0.25, -0.2) is 4.68 Å². The Bertz CT molecular complexity index is 1090. The van der Waals surface area contributed by atoms with Gasteiger partial charge in [-0.1, -0.05) is 24.3 Å². The summed E-state index contributed by atoms with van der Waals surface area (Å²) in [6.07, 6.45) is -0.156. The molecule has 140 valence electrons. The van der Waals surface area contributed by atoms with Gasteiger partial charge in [0.25, 0.3) is 11.1 Å². The van der Waals surface area contributed by atoms with Gasteiger partial charge in [0.05, 0.1) is 23.0 Å². The van der Waals surface area contributed by atoms with Gasteiger partial charge >= 0.3 is 6.61 Å². The normalized spacial score (nSPS) is 10.9. The monoisotopic (exact) mass is 375 g/mol. The van der Waals surface area contributed by atoms with Crippen molar-refractivity contribution in [3.8, 4) is 5.75 Å². The predicted octanol–water partition coefficient (Wildman–Crippen LogP) is 2.32. The average molecular weight is 375 g/mol. The topological polar surface area (TPSA) is 93.2 Å². The first-order valence-electron chi connectivity index (χ1n) is 8.01. The molecule has 0 bridgehead atoms. The summed E-state index contributed by atoms with van der Waals surface area (Å²) in [4.78, 5) is 36.5. The van der Waals surface area contributed by atoms with Crippen LogP contribution in [-0.4, -0.2) is 22.3 Å². The third kappa shape index (κ3) is 4.20. The van der Waals surface area contributed by atoms with Crippen LogP contribution < -0.4 is 21.2 Å². The summed E-state index contributed by atoms with van der Waals surface area (Å²) in [5.41, 5.74) is -0.789. The van der Waals surface area contributed by atoms with Crippen molar-refractivity contribution in [2.24, 2.45) is 0 Å². The number of carbonyl (C=O) groups is 1. The van der Waals surface area contributed by atoms with E-state index in [4.69, 9.17) is 0 Å². The zero-order chi connectivity index (χ0) is 19.4. The molecule has 0 saturated heterocycles. The summed E-state index contributed by atoms with van der Waals surface area (Å²) < 4.78 is 30.2. The van der Waals surface area contributed by atoms with Crippen molar-refractivity contribution in [2.75, 3.05) is 5.32 Å². The number of rotatable bonds is 6. The highest BCUT2D eigenvalue weighted by molar-refractivity contribution is 5.92. The van der Waals surface area contributed by atoms with Crippen LogP contribution in [0.1, 0.15) is 6.42 Å². The van der Waals surface area contributed by atoms with Gasteiger partial charge in [0.2, 0.25) is 5.91 Å². The van der Waals surface area contributed by atoms with Crippen LogP contribution in [0.5, 0.6) is 5.75 Å². The van der Waals surface area contributed by atoms with Gasteiger partial charge in [-0.3, -0.25) is 19.5 Å². The van der Waals surface area contributed by atoms with Crippen molar-refractivity contribution in [3.05, 3.63) is 69.2 Å². The highest BCUT2D eigenvalue weighted by Gasteiger charge is 2.12. The molecule has 1 aromatic heterocycles. The second-order valence-corrected chi connectivity index (χ2v) is 5.62. The second-order valence-electron chi connectivity index (χ2n) is 5.62. The van der Waals surface area contributed by atoms with Crippen LogP contribution in [0.3, 0.4) is 0 Å². The Morgan fingerprint density at radius 1 is 1.07 bits per heavy atom. The molecule has 2 N–H and O–H groups in total. The maximum Gasteiger partial charge on any atom is 0.387 e. The summed E-state index contributed by atoms with van der Waals surface area (Å²) >= 11 is 0. The summed E-state index contributed by atoms with van der Waals surface area (Å²) in [6.45, 7) is -3.10. The molecule has 0 spiro atoms. The molecule has 27 heavy (non-hydrogen) atoms.